The summed E-state index contributed by atoms with van der Waals surface area (Å²) in [7, 11) is 1.34. The van der Waals surface area contributed by atoms with E-state index in [4.69, 9.17) is 32.7 Å². The topological polar surface area (TPSA) is 64.6 Å². The number of ether oxygens (including phenoxy) is 2. The van der Waals surface area contributed by atoms with E-state index in [1.807, 2.05) is 43.3 Å². The summed E-state index contributed by atoms with van der Waals surface area (Å²) in [5, 5.41) is 4.37. The number of fused-ring (bicyclic) bond motifs is 2. The van der Waals surface area contributed by atoms with Crippen LogP contribution in [0.25, 0.3) is 5.70 Å². The minimum atomic E-state index is -0.617. The molecule has 1 aliphatic heterocycles. The van der Waals surface area contributed by atoms with Gasteiger partial charge in [-0.2, -0.15) is 0 Å². The van der Waals surface area contributed by atoms with Gasteiger partial charge in [-0.3, -0.25) is 4.79 Å². The van der Waals surface area contributed by atoms with E-state index in [-0.39, 0.29) is 12.4 Å². The summed E-state index contributed by atoms with van der Waals surface area (Å²) in [6, 6.07) is 16.5. The third-order valence-electron chi connectivity index (χ3n) is 6.40. The van der Waals surface area contributed by atoms with Gasteiger partial charge in [-0.25, -0.2) is 4.79 Å². The molecule has 0 radical (unpaired) electrons. The lowest BCUT2D eigenvalue weighted by Gasteiger charge is -2.29. The fourth-order valence-electron chi connectivity index (χ4n) is 4.72. The van der Waals surface area contributed by atoms with Gasteiger partial charge in [0.15, 0.2) is 5.78 Å². The lowest BCUT2D eigenvalue weighted by Crippen LogP contribution is -2.29. The number of carbonyl (C=O) groups is 2. The van der Waals surface area contributed by atoms with Crippen molar-refractivity contribution in [2.45, 2.75) is 19.4 Å². The summed E-state index contributed by atoms with van der Waals surface area (Å²) in [6.07, 6.45) is 0. The average Bonchev–Trinajstić information content (AvgIpc) is 3.14. The predicted octanol–water partition coefficient (Wildman–Crippen LogP) is 7.68. The number of ketones is 1. The Labute approximate surface area is 246 Å². The lowest BCUT2D eigenvalue weighted by atomic mass is 9.80. The highest BCUT2D eigenvalue weighted by molar-refractivity contribution is 14.1. The van der Waals surface area contributed by atoms with E-state index >= 15 is 0 Å². The van der Waals surface area contributed by atoms with Crippen LogP contribution in [0.2, 0.25) is 10.0 Å². The van der Waals surface area contributed by atoms with Crippen LogP contribution in [0.3, 0.4) is 0 Å². The van der Waals surface area contributed by atoms with Crippen molar-refractivity contribution in [2.75, 3.05) is 7.11 Å². The fourth-order valence-corrected chi connectivity index (χ4v) is 6.95. The molecule has 0 saturated heterocycles. The Balaban J connectivity index is 1.57. The van der Waals surface area contributed by atoms with Crippen molar-refractivity contribution >= 4 is 79.2 Å². The minimum Gasteiger partial charge on any atom is -0.487 e. The molecule has 0 aromatic heterocycles. The molecule has 1 atom stereocenters. The van der Waals surface area contributed by atoms with Gasteiger partial charge in [-0.1, -0.05) is 53.5 Å². The first-order valence-corrected chi connectivity index (χ1v) is 13.8. The molecular weight excluding hydrogens is 692 g/mol. The zero-order valence-corrected chi connectivity index (χ0v) is 24.9. The van der Waals surface area contributed by atoms with Crippen LogP contribution in [-0.4, -0.2) is 18.9 Å². The Bertz CT molecular complexity index is 1530. The summed E-state index contributed by atoms with van der Waals surface area (Å²) >= 11 is 18.1. The van der Waals surface area contributed by atoms with Crippen molar-refractivity contribution in [3.63, 3.8) is 0 Å². The molecule has 1 heterocycles. The van der Waals surface area contributed by atoms with Gasteiger partial charge in [0.05, 0.1) is 26.4 Å². The number of Topliss-reactive ketones (excluding diaryl/α,β-unsaturated/α-hetero) is 1. The molecular formula is C28H19BrCl2INO4. The van der Waals surface area contributed by atoms with E-state index in [2.05, 4.69) is 43.8 Å². The standard InChI is InChI=1S/C28H19BrCl2INO4/c1-13-22(28(35)36-2)23(24-25(33-13)17-5-3-4-6-18(17)26(24)34)15-9-19(29)27(21(32)10-15)37-12-14-7-8-16(30)11-20(14)31/h3-11,23,33H,12H2,1-2H3/t23-/m1/s1. The van der Waals surface area contributed by atoms with Crippen molar-refractivity contribution in [2.24, 2.45) is 0 Å². The van der Waals surface area contributed by atoms with Crippen LogP contribution < -0.4 is 10.1 Å². The van der Waals surface area contributed by atoms with E-state index < -0.39 is 11.9 Å². The molecule has 188 valence electrons. The monoisotopic (exact) mass is 709 g/mol. The molecule has 5 rings (SSSR count). The molecule has 3 aromatic rings. The smallest absolute Gasteiger partial charge is 0.336 e. The Morgan fingerprint density at radius 1 is 1.11 bits per heavy atom. The first kappa shape index (κ1) is 26.3. The van der Waals surface area contributed by atoms with Crippen LogP contribution in [-0.2, 0) is 16.1 Å². The van der Waals surface area contributed by atoms with Gasteiger partial charge < -0.3 is 14.8 Å². The molecule has 0 spiro atoms. The van der Waals surface area contributed by atoms with Crippen LogP contribution in [0.1, 0.15) is 39.9 Å². The van der Waals surface area contributed by atoms with E-state index in [0.29, 0.717) is 42.7 Å². The van der Waals surface area contributed by atoms with Gasteiger partial charge in [-0.15, -0.1) is 0 Å². The second-order valence-corrected chi connectivity index (χ2v) is 11.4. The molecule has 0 saturated carbocycles. The number of allylic oxidation sites excluding steroid dienone is 2. The van der Waals surface area contributed by atoms with E-state index in [1.165, 1.54) is 7.11 Å². The Morgan fingerprint density at radius 3 is 2.51 bits per heavy atom. The molecule has 0 bridgehead atoms. The summed E-state index contributed by atoms with van der Waals surface area (Å²) in [5.74, 6) is -0.594. The third kappa shape index (κ3) is 4.71. The maximum atomic E-state index is 13.6. The van der Waals surface area contributed by atoms with Crippen LogP contribution in [0.5, 0.6) is 5.75 Å². The van der Waals surface area contributed by atoms with E-state index in [9.17, 15) is 9.59 Å². The Kier molecular flexibility index (Phi) is 7.42. The number of esters is 1. The SMILES string of the molecule is COC(=O)C1=C(C)NC2=C(C(=O)c3ccccc32)[C@@H]1c1cc(Br)c(OCc2ccc(Cl)cc2Cl)c(I)c1. The van der Waals surface area contributed by atoms with Gasteiger partial charge in [0.1, 0.15) is 12.4 Å². The van der Waals surface area contributed by atoms with Gasteiger partial charge in [0, 0.05) is 43.9 Å². The van der Waals surface area contributed by atoms with Crippen LogP contribution in [0, 0.1) is 3.57 Å². The number of halogens is 4. The van der Waals surface area contributed by atoms with Crippen LogP contribution in [0.4, 0.5) is 0 Å². The summed E-state index contributed by atoms with van der Waals surface area (Å²) in [5.41, 5.74) is 5.28. The summed E-state index contributed by atoms with van der Waals surface area (Å²) in [6.45, 7) is 2.06. The zero-order valence-electron chi connectivity index (χ0n) is 19.6. The molecule has 0 fully saturated rings. The molecule has 9 heteroatoms. The van der Waals surface area contributed by atoms with Crippen LogP contribution in [0.15, 0.2) is 75.9 Å². The fraction of sp³-hybridized carbons (Fsp3) is 0.143. The Morgan fingerprint density at radius 2 is 1.84 bits per heavy atom. The molecule has 0 amide bonds. The summed E-state index contributed by atoms with van der Waals surface area (Å²) < 4.78 is 12.7. The second-order valence-electron chi connectivity index (χ2n) is 8.59. The summed E-state index contributed by atoms with van der Waals surface area (Å²) in [4.78, 5) is 26.6. The largest absolute Gasteiger partial charge is 0.487 e. The van der Waals surface area contributed by atoms with Gasteiger partial charge >= 0.3 is 5.97 Å². The van der Waals surface area contributed by atoms with Crippen molar-refractivity contribution < 1.29 is 19.1 Å². The first-order valence-electron chi connectivity index (χ1n) is 11.2. The van der Waals surface area contributed by atoms with Gasteiger partial charge in [0.2, 0.25) is 0 Å². The zero-order chi connectivity index (χ0) is 26.4. The number of dihydropyridines is 1. The third-order valence-corrected chi connectivity index (χ3v) is 8.37. The van der Waals surface area contributed by atoms with Gasteiger partial charge in [0.25, 0.3) is 0 Å². The maximum Gasteiger partial charge on any atom is 0.336 e. The minimum absolute atomic E-state index is 0.110. The average molecular weight is 711 g/mol. The number of benzene rings is 3. The lowest BCUT2D eigenvalue weighted by molar-refractivity contribution is -0.136. The second kappa shape index (κ2) is 10.4. The normalized spacial score (nSPS) is 16.4. The molecule has 37 heavy (non-hydrogen) atoms. The van der Waals surface area contributed by atoms with Crippen molar-refractivity contribution in [3.8, 4) is 5.75 Å². The maximum absolute atomic E-state index is 13.6. The van der Waals surface area contributed by atoms with E-state index in [1.54, 1.807) is 18.2 Å². The van der Waals surface area contributed by atoms with E-state index in [0.717, 1.165) is 26.0 Å². The van der Waals surface area contributed by atoms with Crippen molar-refractivity contribution in [1.82, 2.24) is 5.32 Å². The quantitative estimate of drug-likeness (QED) is 0.218. The number of hydrogen-bond donors (Lipinski definition) is 1. The number of hydrogen-bond acceptors (Lipinski definition) is 5. The number of methoxy groups -OCH3 is 1. The first-order chi connectivity index (χ1) is 17.7. The van der Waals surface area contributed by atoms with Gasteiger partial charge in [-0.05, 0) is 75.3 Å². The van der Waals surface area contributed by atoms with Crippen molar-refractivity contribution in [1.29, 1.82) is 0 Å². The molecule has 3 aromatic carbocycles. The molecule has 0 unspecified atom stereocenters. The van der Waals surface area contributed by atoms with Crippen LogP contribution >= 0.6 is 61.7 Å². The molecule has 1 aliphatic carbocycles. The van der Waals surface area contributed by atoms with Crippen molar-refractivity contribution in [3.05, 3.63) is 112 Å². The molecule has 1 N–H and O–H groups in total. The number of nitrogens with one attached hydrogen (secondary N) is 1. The highest BCUT2D eigenvalue weighted by Crippen LogP contribution is 2.48. The number of rotatable bonds is 5. The number of carbonyl (C=O) groups excluding carboxylic acids is 2. The highest BCUT2D eigenvalue weighted by Gasteiger charge is 2.43. The molecule has 2 aliphatic rings. The highest BCUT2D eigenvalue weighted by atomic mass is 127. The Hall–Kier alpha value is -2.33. The molecule has 5 nitrogen and oxygen atoms in total. The predicted molar refractivity (Wildman–Crippen MR) is 156 cm³/mol.